The largest absolute Gasteiger partial charge is 0.465 e. The van der Waals surface area contributed by atoms with E-state index in [4.69, 9.17) is 10.7 Å². The van der Waals surface area contributed by atoms with Gasteiger partial charge in [-0.1, -0.05) is 3.77 Å². The number of ether oxygens (including phenoxy) is 1. The Labute approximate surface area is 109 Å². The maximum Gasteiger partial charge on any atom is 0.347 e. The van der Waals surface area contributed by atoms with E-state index in [0.717, 1.165) is 13.4 Å². The van der Waals surface area contributed by atoms with Crippen molar-refractivity contribution in [1.82, 2.24) is 4.98 Å². The monoisotopic (exact) mass is 312 g/mol. The van der Waals surface area contributed by atoms with Gasteiger partial charge >= 0.3 is 15.2 Å². The fourth-order valence-electron chi connectivity index (χ4n) is 1.16. The summed E-state index contributed by atoms with van der Waals surface area (Å²) < 4.78 is 41.3. The Morgan fingerprint density at radius 1 is 1.44 bits per heavy atom. The molecule has 0 aliphatic carbocycles. The molecule has 0 spiro atoms. The summed E-state index contributed by atoms with van der Waals surface area (Å²) in [5.74, 6) is -0.796. The molecule has 1 unspecified atom stereocenters. The SMILES string of the molecule is COC(=O)c1cccnc1S(C)(=O)=NS(=O)(=O)Cl. The molecule has 0 aliphatic rings. The standard InChI is InChI=1S/C8H9ClN2O5S2/c1-16-8(12)6-4-3-5-10-7(6)17(2,13)11-18(9,14)15/h3-5H,1-2H3. The minimum Gasteiger partial charge on any atom is -0.465 e. The van der Waals surface area contributed by atoms with Crippen molar-refractivity contribution in [3.63, 3.8) is 0 Å². The van der Waals surface area contributed by atoms with E-state index in [1.54, 1.807) is 0 Å². The summed E-state index contributed by atoms with van der Waals surface area (Å²) in [6, 6.07) is 2.72. The van der Waals surface area contributed by atoms with Gasteiger partial charge in [0, 0.05) is 23.1 Å². The van der Waals surface area contributed by atoms with E-state index in [0.29, 0.717) is 0 Å². The van der Waals surface area contributed by atoms with Crippen molar-refractivity contribution in [2.75, 3.05) is 13.4 Å². The van der Waals surface area contributed by atoms with E-state index in [-0.39, 0.29) is 10.6 Å². The Hall–Kier alpha value is -1.19. The molecule has 100 valence electrons. The van der Waals surface area contributed by atoms with Crippen LogP contribution in [0.15, 0.2) is 27.1 Å². The van der Waals surface area contributed by atoms with Crippen LogP contribution in [0.2, 0.25) is 0 Å². The first-order chi connectivity index (χ1) is 8.17. The second-order valence-electron chi connectivity index (χ2n) is 3.14. The zero-order valence-corrected chi connectivity index (χ0v) is 11.8. The third-order valence-corrected chi connectivity index (χ3v) is 5.17. The van der Waals surface area contributed by atoms with Crippen molar-refractivity contribution in [3.05, 3.63) is 23.9 Å². The molecule has 18 heavy (non-hydrogen) atoms. The van der Waals surface area contributed by atoms with Gasteiger partial charge in [-0.2, -0.15) is 8.42 Å². The van der Waals surface area contributed by atoms with Crippen LogP contribution in [0, 0.1) is 0 Å². The number of halogens is 1. The number of aromatic nitrogens is 1. The highest BCUT2D eigenvalue weighted by atomic mass is 35.7. The predicted octanol–water partition coefficient (Wildman–Crippen LogP) is 0.808. The first-order valence-corrected chi connectivity index (χ1v) is 8.57. The lowest BCUT2D eigenvalue weighted by atomic mass is 10.3. The van der Waals surface area contributed by atoms with Gasteiger partial charge in [0.2, 0.25) is 0 Å². The number of hydrogen-bond donors (Lipinski definition) is 0. The van der Waals surface area contributed by atoms with E-state index >= 15 is 0 Å². The molecule has 0 bridgehead atoms. The second kappa shape index (κ2) is 5.21. The minimum atomic E-state index is -4.35. The summed E-state index contributed by atoms with van der Waals surface area (Å²) >= 11 is 0. The smallest absolute Gasteiger partial charge is 0.347 e. The van der Waals surface area contributed by atoms with Crippen LogP contribution in [-0.2, 0) is 23.7 Å². The van der Waals surface area contributed by atoms with Crippen molar-refractivity contribution in [2.45, 2.75) is 5.03 Å². The normalized spacial score (nSPS) is 14.6. The van der Waals surface area contributed by atoms with Crippen molar-refractivity contribution < 1.29 is 22.2 Å². The first kappa shape index (κ1) is 14.9. The topological polar surface area (TPSA) is 103 Å². The van der Waals surface area contributed by atoms with Crippen molar-refractivity contribution >= 4 is 35.6 Å². The molecule has 0 amide bonds. The van der Waals surface area contributed by atoms with Gasteiger partial charge < -0.3 is 4.74 Å². The molecule has 0 saturated heterocycles. The summed E-state index contributed by atoms with van der Waals surface area (Å²) in [6.07, 6.45) is 2.27. The number of esters is 1. The number of rotatable bonds is 3. The molecule has 1 heterocycles. The molecule has 10 heteroatoms. The van der Waals surface area contributed by atoms with Gasteiger partial charge in [0.25, 0.3) is 0 Å². The van der Waals surface area contributed by atoms with Crippen molar-refractivity contribution in [2.24, 2.45) is 3.77 Å². The van der Waals surface area contributed by atoms with Crippen molar-refractivity contribution in [3.8, 4) is 0 Å². The van der Waals surface area contributed by atoms with Gasteiger partial charge in [0.15, 0.2) is 5.03 Å². The summed E-state index contributed by atoms with van der Waals surface area (Å²) in [5.41, 5.74) is -0.128. The van der Waals surface area contributed by atoms with Crippen molar-refractivity contribution in [1.29, 1.82) is 0 Å². The number of nitrogens with zero attached hydrogens (tertiary/aromatic N) is 2. The highest BCUT2D eigenvalue weighted by molar-refractivity contribution is 8.17. The van der Waals surface area contributed by atoms with Gasteiger partial charge in [-0.15, -0.1) is 0 Å². The highest BCUT2D eigenvalue weighted by Gasteiger charge is 2.21. The van der Waals surface area contributed by atoms with Gasteiger partial charge in [-0.25, -0.2) is 14.0 Å². The molecule has 0 aromatic carbocycles. The molecule has 0 fully saturated rings. The molecule has 0 saturated carbocycles. The Bertz CT molecular complexity index is 691. The van der Waals surface area contributed by atoms with Crippen LogP contribution in [0.1, 0.15) is 10.4 Å². The Morgan fingerprint density at radius 2 is 2.06 bits per heavy atom. The highest BCUT2D eigenvalue weighted by Crippen LogP contribution is 2.17. The average Bonchev–Trinajstić information content (AvgIpc) is 2.25. The van der Waals surface area contributed by atoms with Crippen LogP contribution in [0.3, 0.4) is 0 Å². The summed E-state index contributed by atoms with van der Waals surface area (Å²) in [4.78, 5) is 15.1. The molecule has 1 atom stereocenters. The number of methoxy groups -OCH3 is 1. The lowest BCUT2D eigenvalue weighted by Gasteiger charge is -2.07. The van der Waals surface area contributed by atoms with Crippen LogP contribution >= 0.6 is 10.7 Å². The number of hydrogen-bond acceptors (Lipinski definition) is 6. The molecular weight excluding hydrogens is 304 g/mol. The first-order valence-electron chi connectivity index (χ1n) is 4.39. The minimum absolute atomic E-state index is 0.128. The quantitative estimate of drug-likeness (QED) is 0.604. The summed E-state index contributed by atoms with van der Waals surface area (Å²) in [5, 5.41) is -0.291. The van der Waals surface area contributed by atoms with E-state index in [1.807, 2.05) is 0 Å². The molecule has 1 rings (SSSR count). The lowest BCUT2D eigenvalue weighted by Crippen LogP contribution is -2.12. The Kier molecular flexibility index (Phi) is 4.30. The van der Waals surface area contributed by atoms with E-state index in [9.17, 15) is 17.4 Å². The maximum atomic E-state index is 12.1. The molecule has 0 radical (unpaired) electrons. The fraction of sp³-hybridized carbons (Fsp3) is 0.250. The molecular formula is C8H9ClN2O5S2. The predicted molar refractivity (Wildman–Crippen MR) is 65.1 cm³/mol. The lowest BCUT2D eigenvalue weighted by molar-refractivity contribution is 0.0595. The van der Waals surface area contributed by atoms with Crippen LogP contribution in [0.5, 0.6) is 0 Å². The van der Waals surface area contributed by atoms with Crippen LogP contribution in [0.25, 0.3) is 0 Å². The van der Waals surface area contributed by atoms with Crippen LogP contribution in [-0.4, -0.2) is 36.9 Å². The molecule has 1 aromatic rings. The Morgan fingerprint density at radius 3 is 2.56 bits per heavy atom. The van der Waals surface area contributed by atoms with Crippen LogP contribution < -0.4 is 0 Å². The maximum absolute atomic E-state index is 12.1. The third-order valence-electron chi connectivity index (χ3n) is 1.77. The summed E-state index contributed by atoms with van der Waals surface area (Å²) in [6.45, 7) is 0. The van der Waals surface area contributed by atoms with Gasteiger partial charge in [0.05, 0.1) is 12.7 Å². The number of carbonyl (C=O) groups excluding carboxylic acids is 1. The number of pyridine rings is 1. The Balaban J connectivity index is 3.58. The molecule has 0 aliphatic heterocycles. The van der Waals surface area contributed by atoms with E-state index in [1.165, 1.54) is 18.3 Å². The van der Waals surface area contributed by atoms with E-state index in [2.05, 4.69) is 13.5 Å². The fourth-order valence-corrected chi connectivity index (χ4v) is 4.59. The zero-order chi connectivity index (χ0) is 14.0. The molecule has 1 aromatic heterocycles. The zero-order valence-electron chi connectivity index (χ0n) is 9.36. The second-order valence-corrected chi connectivity index (χ2v) is 7.72. The molecule has 0 N–H and O–H groups in total. The van der Waals surface area contributed by atoms with Crippen LogP contribution in [0.4, 0.5) is 0 Å². The number of carbonyl (C=O) groups is 1. The average molecular weight is 313 g/mol. The van der Waals surface area contributed by atoms with E-state index < -0.39 is 24.9 Å². The van der Waals surface area contributed by atoms with Gasteiger partial charge in [0.1, 0.15) is 9.73 Å². The third kappa shape index (κ3) is 3.65. The van der Waals surface area contributed by atoms with Gasteiger partial charge in [-0.05, 0) is 12.1 Å². The van der Waals surface area contributed by atoms with Gasteiger partial charge in [-0.3, -0.25) is 0 Å². The molecule has 7 nitrogen and oxygen atoms in total. The summed E-state index contributed by atoms with van der Waals surface area (Å²) in [7, 11) is -1.76.